The van der Waals surface area contributed by atoms with Crippen LogP contribution in [0.5, 0.6) is 5.75 Å². The summed E-state index contributed by atoms with van der Waals surface area (Å²) in [7, 11) is 0. The van der Waals surface area contributed by atoms with Crippen LogP contribution in [0.25, 0.3) is 0 Å². The highest BCUT2D eigenvalue weighted by atomic mass is 16.6. The van der Waals surface area contributed by atoms with Gasteiger partial charge < -0.3 is 15.9 Å². The van der Waals surface area contributed by atoms with E-state index in [1.165, 1.54) is 18.2 Å². The quantitative estimate of drug-likeness (QED) is 0.492. The second-order valence-corrected chi connectivity index (χ2v) is 3.12. The molecule has 6 heteroatoms. The van der Waals surface area contributed by atoms with Gasteiger partial charge >= 0.3 is 0 Å². The van der Waals surface area contributed by atoms with Crippen molar-refractivity contribution in [1.82, 2.24) is 0 Å². The average Bonchev–Trinajstić information content (AvgIpc) is 2.19. The summed E-state index contributed by atoms with van der Waals surface area (Å²) in [6.07, 6.45) is 0. The van der Waals surface area contributed by atoms with Crippen LogP contribution in [0.3, 0.4) is 0 Å². The molecular weight excluding hydrogens is 200 g/mol. The van der Waals surface area contributed by atoms with Crippen LogP contribution in [0.15, 0.2) is 18.2 Å². The number of nitrogens with zero attached hydrogens (tertiary/aromatic N) is 1. The number of nitrogens with two attached hydrogens (primary N) is 1. The van der Waals surface area contributed by atoms with E-state index >= 15 is 0 Å². The SMILES string of the molecule is NCC(CO)c1cc(O)ccc1[N+](=O)[O-]. The maximum absolute atomic E-state index is 10.7. The Hall–Kier alpha value is -1.66. The molecule has 0 spiro atoms. The van der Waals surface area contributed by atoms with Gasteiger partial charge in [-0.3, -0.25) is 10.1 Å². The van der Waals surface area contributed by atoms with Crippen molar-refractivity contribution in [1.29, 1.82) is 0 Å². The Kier molecular flexibility index (Phi) is 3.59. The molecule has 0 bridgehead atoms. The molecule has 0 aliphatic heterocycles. The van der Waals surface area contributed by atoms with E-state index in [4.69, 9.17) is 10.8 Å². The van der Waals surface area contributed by atoms with Gasteiger partial charge in [-0.1, -0.05) is 0 Å². The van der Waals surface area contributed by atoms with E-state index < -0.39 is 10.8 Å². The molecule has 1 rings (SSSR count). The average molecular weight is 212 g/mol. The van der Waals surface area contributed by atoms with Crippen LogP contribution in [0.1, 0.15) is 11.5 Å². The fraction of sp³-hybridized carbons (Fsp3) is 0.333. The predicted molar refractivity (Wildman–Crippen MR) is 53.6 cm³/mol. The summed E-state index contributed by atoms with van der Waals surface area (Å²) < 4.78 is 0. The molecule has 4 N–H and O–H groups in total. The molecule has 0 aliphatic carbocycles. The number of aliphatic hydroxyl groups is 1. The minimum atomic E-state index is -0.562. The molecule has 0 saturated carbocycles. The summed E-state index contributed by atoms with van der Waals surface area (Å²) in [5.41, 5.74) is 5.48. The third kappa shape index (κ3) is 2.42. The molecule has 1 atom stereocenters. The van der Waals surface area contributed by atoms with Crippen molar-refractivity contribution >= 4 is 5.69 Å². The Morgan fingerprint density at radius 2 is 2.20 bits per heavy atom. The Morgan fingerprint density at radius 3 is 2.67 bits per heavy atom. The Labute approximate surface area is 86.1 Å². The van der Waals surface area contributed by atoms with Crippen LogP contribution < -0.4 is 5.73 Å². The summed E-state index contributed by atoms with van der Waals surface area (Å²) >= 11 is 0. The summed E-state index contributed by atoms with van der Waals surface area (Å²) in [5, 5.41) is 28.9. The van der Waals surface area contributed by atoms with Gasteiger partial charge in [-0.25, -0.2) is 0 Å². The number of nitro groups is 1. The second-order valence-electron chi connectivity index (χ2n) is 3.12. The van der Waals surface area contributed by atoms with Gasteiger partial charge in [-0.2, -0.15) is 0 Å². The maximum atomic E-state index is 10.7. The van der Waals surface area contributed by atoms with Crippen LogP contribution in [0.4, 0.5) is 5.69 Å². The van der Waals surface area contributed by atoms with Gasteiger partial charge in [0.25, 0.3) is 5.69 Å². The fourth-order valence-electron chi connectivity index (χ4n) is 1.34. The van der Waals surface area contributed by atoms with E-state index in [0.717, 1.165) is 0 Å². The Bertz CT molecular complexity index is 363. The highest BCUT2D eigenvalue weighted by Crippen LogP contribution is 2.29. The Balaban J connectivity index is 3.22. The smallest absolute Gasteiger partial charge is 0.273 e. The van der Waals surface area contributed by atoms with Gasteiger partial charge in [0.1, 0.15) is 5.75 Å². The van der Waals surface area contributed by atoms with Crippen molar-refractivity contribution in [3.05, 3.63) is 33.9 Å². The van der Waals surface area contributed by atoms with Gasteiger partial charge in [-0.15, -0.1) is 0 Å². The lowest BCUT2D eigenvalue weighted by Gasteiger charge is -2.12. The van der Waals surface area contributed by atoms with Crippen LogP contribution in [-0.4, -0.2) is 28.3 Å². The number of hydrogen-bond acceptors (Lipinski definition) is 5. The van der Waals surface area contributed by atoms with E-state index in [1.807, 2.05) is 0 Å². The van der Waals surface area contributed by atoms with Crippen LogP contribution in [0.2, 0.25) is 0 Å². The first-order chi connectivity index (χ1) is 7.10. The third-order valence-electron chi connectivity index (χ3n) is 2.15. The van der Waals surface area contributed by atoms with Crippen molar-refractivity contribution in [3.8, 4) is 5.75 Å². The molecule has 0 saturated heterocycles. The molecular formula is C9H12N2O4. The zero-order valence-corrected chi connectivity index (χ0v) is 7.96. The lowest BCUT2D eigenvalue weighted by atomic mass is 9.98. The first-order valence-corrected chi connectivity index (χ1v) is 4.38. The normalized spacial score (nSPS) is 12.4. The first-order valence-electron chi connectivity index (χ1n) is 4.38. The fourth-order valence-corrected chi connectivity index (χ4v) is 1.34. The molecule has 0 amide bonds. The molecule has 0 aromatic heterocycles. The molecule has 1 unspecified atom stereocenters. The molecule has 0 fully saturated rings. The van der Waals surface area contributed by atoms with Gasteiger partial charge in [0.05, 0.1) is 11.5 Å². The number of hydrogen-bond donors (Lipinski definition) is 3. The van der Waals surface area contributed by atoms with E-state index in [9.17, 15) is 15.2 Å². The minimum absolute atomic E-state index is 0.0810. The molecule has 0 radical (unpaired) electrons. The van der Waals surface area contributed by atoms with Crippen LogP contribution >= 0.6 is 0 Å². The van der Waals surface area contributed by atoms with Crippen molar-refractivity contribution < 1.29 is 15.1 Å². The van der Waals surface area contributed by atoms with Gasteiger partial charge in [0, 0.05) is 24.1 Å². The lowest BCUT2D eigenvalue weighted by molar-refractivity contribution is -0.385. The largest absolute Gasteiger partial charge is 0.508 e. The molecule has 1 aromatic rings. The van der Waals surface area contributed by atoms with Crippen molar-refractivity contribution in [3.63, 3.8) is 0 Å². The first kappa shape index (κ1) is 11.4. The minimum Gasteiger partial charge on any atom is -0.508 e. The van der Waals surface area contributed by atoms with Gasteiger partial charge in [0.15, 0.2) is 0 Å². The summed E-state index contributed by atoms with van der Waals surface area (Å²) in [6, 6.07) is 3.68. The van der Waals surface area contributed by atoms with Gasteiger partial charge in [-0.05, 0) is 12.1 Å². The van der Waals surface area contributed by atoms with Gasteiger partial charge in [0.2, 0.25) is 0 Å². The van der Waals surface area contributed by atoms with E-state index in [1.54, 1.807) is 0 Å². The topological polar surface area (TPSA) is 110 Å². The number of benzene rings is 1. The van der Waals surface area contributed by atoms with E-state index in [2.05, 4.69) is 0 Å². The molecule has 6 nitrogen and oxygen atoms in total. The monoisotopic (exact) mass is 212 g/mol. The number of aromatic hydroxyl groups is 1. The third-order valence-corrected chi connectivity index (χ3v) is 2.15. The van der Waals surface area contributed by atoms with E-state index in [-0.39, 0.29) is 30.2 Å². The summed E-state index contributed by atoms with van der Waals surface area (Å²) in [5.74, 6) is -0.611. The number of aliphatic hydroxyl groups excluding tert-OH is 1. The summed E-state index contributed by atoms with van der Waals surface area (Å²) in [4.78, 5) is 10.1. The number of phenolic OH excluding ortho intramolecular Hbond substituents is 1. The predicted octanol–water partition coefficient (Wildman–Crippen LogP) is 0.335. The highest BCUT2D eigenvalue weighted by Gasteiger charge is 2.21. The lowest BCUT2D eigenvalue weighted by Crippen LogP contribution is -2.17. The second kappa shape index (κ2) is 4.72. The zero-order chi connectivity index (χ0) is 11.4. The summed E-state index contributed by atoms with van der Waals surface area (Å²) in [6.45, 7) is -0.207. The van der Waals surface area contributed by atoms with Crippen LogP contribution in [0, 0.1) is 10.1 Å². The van der Waals surface area contributed by atoms with E-state index in [0.29, 0.717) is 0 Å². The standard InChI is InChI=1S/C9H12N2O4/c10-4-6(5-12)8-3-7(13)1-2-9(8)11(14)15/h1-3,6,12-13H,4-5,10H2. The van der Waals surface area contributed by atoms with Crippen molar-refractivity contribution in [2.75, 3.05) is 13.2 Å². The highest BCUT2D eigenvalue weighted by molar-refractivity contribution is 5.47. The van der Waals surface area contributed by atoms with Crippen LogP contribution in [-0.2, 0) is 0 Å². The molecule has 0 heterocycles. The zero-order valence-electron chi connectivity index (χ0n) is 7.96. The molecule has 15 heavy (non-hydrogen) atoms. The Morgan fingerprint density at radius 1 is 1.53 bits per heavy atom. The maximum Gasteiger partial charge on any atom is 0.273 e. The molecule has 1 aromatic carbocycles. The number of rotatable bonds is 4. The molecule has 82 valence electrons. The number of nitro benzene ring substituents is 1. The molecule has 0 aliphatic rings. The van der Waals surface area contributed by atoms with Crippen molar-refractivity contribution in [2.45, 2.75) is 5.92 Å². The number of phenols is 1. The van der Waals surface area contributed by atoms with Crippen molar-refractivity contribution in [2.24, 2.45) is 5.73 Å².